The lowest BCUT2D eigenvalue weighted by molar-refractivity contribution is -0.141. The Kier molecular flexibility index (Phi) is 4.05. The Labute approximate surface area is 88.2 Å². The largest absolute Gasteiger partial charge is 0.481 e. The van der Waals surface area contributed by atoms with E-state index in [9.17, 15) is 4.79 Å². The fraction of sp³-hybridized carbons (Fsp3) is 0.400. The lowest BCUT2D eigenvalue weighted by atomic mass is 10.1. The van der Waals surface area contributed by atoms with Gasteiger partial charge in [-0.05, 0) is 5.56 Å². The van der Waals surface area contributed by atoms with Crippen molar-refractivity contribution in [3.63, 3.8) is 0 Å². The molecule has 0 aromatic carbocycles. The standard InChI is InChI=1S/C10H14N2O3/c1-14-9-4-3-7(6-12-9)8(11)5-10(13)15-2/h3-4,6,8H,5,11H2,1-2H3/t8-/m1/s1. The molecule has 0 spiro atoms. The summed E-state index contributed by atoms with van der Waals surface area (Å²) in [5, 5.41) is 0. The minimum atomic E-state index is -0.393. The quantitative estimate of drug-likeness (QED) is 0.738. The highest BCUT2D eigenvalue weighted by atomic mass is 16.5. The van der Waals surface area contributed by atoms with E-state index in [-0.39, 0.29) is 12.4 Å². The van der Waals surface area contributed by atoms with Crippen molar-refractivity contribution in [3.8, 4) is 5.88 Å². The monoisotopic (exact) mass is 210 g/mol. The van der Waals surface area contributed by atoms with Crippen LogP contribution in [0.5, 0.6) is 5.88 Å². The topological polar surface area (TPSA) is 74.4 Å². The minimum absolute atomic E-state index is 0.143. The molecule has 82 valence electrons. The maximum atomic E-state index is 11.0. The molecule has 1 aromatic heterocycles. The summed E-state index contributed by atoms with van der Waals surface area (Å²) in [7, 11) is 2.87. The van der Waals surface area contributed by atoms with Gasteiger partial charge in [-0.15, -0.1) is 0 Å². The molecule has 0 bridgehead atoms. The first-order valence-corrected chi connectivity index (χ1v) is 4.49. The molecule has 0 saturated heterocycles. The molecule has 0 saturated carbocycles. The summed E-state index contributed by atoms with van der Waals surface area (Å²) < 4.78 is 9.43. The molecular weight excluding hydrogens is 196 g/mol. The number of rotatable bonds is 4. The summed E-state index contributed by atoms with van der Waals surface area (Å²) in [6, 6.07) is 3.09. The molecule has 0 aliphatic rings. The van der Waals surface area contributed by atoms with Gasteiger partial charge in [0.15, 0.2) is 0 Å². The van der Waals surface area contributed by atoms with E-state index in [1.807, 2.05) is 0 Å². The molecule has 2 N–H and O–H groups in total. The van der Waals surface area contributed by atoms with Crippen molar-refractivity contribution in [2.75, 3.05) is 14.2 Å². The number of carbonyl (C=O) groups excluding carboxylic acids is 1. The van der Waals surface area contributed by atoms with Gasteiger partial charge in [0, 0.05) is 18.3 Å². The van der Waals surface area contributed by atoms with Gasteiger partial charge in [0.25, 0.3) is 0 Å². The molecule has 0 aliphatic carbocycles. The fourth-order valence-corrected chi connectivity index (χ4v) is 1.11. The van der Waals surface area contributed by atoms with Crippen LogP contribution >= 0.6 is 0 Å². The first kappa shape index (κ1) is 11.5. The third-order valence-corrected chi connectivity index (χ3v) is 2.01. The van der Waals surface area contributed by atoms with Crippen LogP contribution in [0.3, 0.4) is 0 Å². The fourth-order valence-electron chi connectivity index (χ4n) is 1.11. The molecule has 15 heavy (non-hydrogen) atoms. The van der Waals surface area contributed by atoms with Crippen molar-refractivity contribution < 1.29 is 14.3 Å². The van der Waals surface area contributed by atoms with Crippen LogP contribution in [0.2, 0.25) is 0 Å². The Balaban J connectivity index is 2.65. The SMILES string of the molecule is COC(=O)C[C@@H](N)c1ccc(OC)nc1. The average molecular weight is 210 g/mol. The van der Waals surface area contributed by atoms with Crippen molar-refractivity contribution in [2.24, 2.45) is 5.73 Å². The zero-order chi connectivity index (χ0) is 11.3. The van der Waals surface area contributed by atoms with Gasteiger partial charge in [-0.1, -0.05) is 6.07 Å². The van der Waals surface area contributed by atoms with Crippen molar-refractivity contribution in [2.45, 2.75) is 12.5 Å². The summed E-state index contributed by atoms with van der Waals surface area (Å²) in [6.07, 6.45) is 1.73. The van der Waals surface area contributed by atoms with Gasteiger partial charge < -0.3 is 15.2 Å². The third-order valence-electron chi connectivity index (χ3n) is 2.01. The zero-order valence-corrected chi connectivity index (χ0v) is 8.77. The smallest absolute Gasteiger partial charge is 0.307 e. The molecule has 1 heterocycles. The predicted molar refractivity (Wildman–Crippen MR) is 54.4 cm³/mol. The van der Waals surface area contributed by atoms with Gasteiger partial charge in [-0.3, -0.25) is 4.79 Å². The third kappa shape index (κ3) is 3.21. The van der Waals surface area contributed by atoms with Crippen LogP contribution in [0.25, 0.3) is 0 Å². The number of carbonyl (C=O) groups is 1. The predicted octanol–water partition coefficient (Wildman–Crippen LogP) is 0.653. The zero-order valence-electron chi connectivity index (χ0n) is 8.77. The number of hydrogen-bond donors (Lipinski definition) is 1. The first-order valence-electron chi connectivity index (χ1n) is 4.49. The summed E-state index contributed by atoms with van der Waals surface area (Å²) in [6.45, 7) is 0. The average Bonchev–Trinajstić information content (AvgIpc) is 2.29. The van der Waals surface area contributed by atoms with Crippen LogP contribution in [0.15, 0.2) is 18.3 Å². The van der Waals surface area contributed by atoms with Gasteiger partial charge in [0.2, 0.25) is 5.88 Å². The number of ether oxygens (including phenoxy) is 2. The summed E-state index contributed by atoms with van der Waals surface area (Å²) >= 11 is 0. The van der Waals surface area contributed by atoms with Gasteiger partial charge in [0.1, 0.15) is 0 Å². The van der Waals surface area contributed by atoms with Gasteiger partial charge in [-0.25, -0.2) is 4.98 Å². The normalized spacial score (nSPS) is 11.9. The molecule has 0 amide bonds. The van der Waals surface area contributed by atoms with E-state index in [4.69, 9.17) is 10.5 Å². The van der Waals surface area contributed by atoms with Crippen LogP contribution in [0, 0.1) is 0 Å². The first-order chi connectivity index (χ1) is 7.17. The van der Waals surface area contributed by atoms with Crippen molar-refractivity contribution in [3.05, 3.63) is 23.9 Å². The lowest BCUT2D eigenvalue weighted by Crippen LogP contribution is -2.16. The Bertz CT molecular complexity index is 324. The summed E-state index contributed by atoms with van der Waals surface area (Å²) in [5.41, 5.74) is 6.56. The van der Waals surface area contributed by atoms with Crippen LogP contribution in [0.1, 0.15) is 18.0 Å². The van der Waals surface area contributed by atoms with E-state index in [0.717, 1.165) is 5.56 Å². The Morgan fingerprint density at radius 3 is 2.73 bits per heavy atom. The molecule has 0 radical (unpaired) electrons. The number of nitrogens with two attached hydrogens (primary N) is 1. The highest BCUT2D eigenvalue weighted by Crippen LogP contribution is 2.15. The number of nitrogens with zero attached hydrogens (tertiary/aromatic N) is 1. The van der Waals surface area contributed by atoms with Gasteiger partial charge in [0.05, 0.1) is 20.6 Å². The molecule has 1 atom stereocenters. The molecule has 5 heteroatoms. The molecule has 5 nitrogen and oxygen atoms in total. The van der Waals surface area contributed by atoms with Crippen LogP contribution in [-0.2, 0) is 9.53 Å². The number of methoxy groups -OCH3 is 2. The van der Waals surface area contributed by atoms with Crippen molar-refractivity contribution in [1.82, 2.24) is 4.98 Å². The maximum Gasteiger partial charge on any atom is 0.307 e. The molecule has 0 fully saturated rings. The second kappa shape index (κ2) is 5.31. The van der Waals surface area contributed by atoms with Gasteiger partial charge >= 0.3 is 5.97 Å². The molecule has 1 aromatic rings. The molecule has 1 rings (SSSR count). The van der Waals surface area contributed by atoms with Crippen LogP contribution in [-0.4, -0.2) is 25.2 Å². The Morgan fingerprint density at radius 1 is 1.53 bits per heavy atom. The van der Waals surface area contributed by atoms with Crippen molar-refractivity contribution >= 4 is 5.97 Å². The second-order valence-corrected chi connectivity index (χ2v) is 3.02. The minimum Gasteiger partial charge on any atom is -0.481 e. The van der Waals surface area contributed by atoms with Crippen LogP contribution in [0.4, 0.5) is 0 Å². The second-order valence-electron chi connectivity index (χ2n) is 3.02. The van der Waals surface area contributed by atoms with E-state index < -0.39 is 6.04 Å². The van der Waals surface area contributed by atoms with Gasteiger partial charge in [-0.2, -0.15) is 0 Å². The highest BCUT2D eigenvalue weighted by Gasteiger charge is 2.12. The van der Waals surface area contributed by atoms with E-state index in [1.165, 1.54) is 14.2 Å². The number of esters is 1. The van der Waals surface area contributed by atoms with E-state index in [1.54, 1.807) is 18.3 Å². The van der Waals surface area contributed by atoms with E-state index >= 15 is 0 Å². The highest BCUT2D eigenvalue weighted by molar-refractivity contribution is 5.70. The molecular formula is C10H14N2O3. The summed E-state index contributed by atoms with van der Waals surface area (Å²) in [4.78, 5) is 15.0. The van der Waals surface area contributed by atoms with E-state index in [2.05, 4.69) is 9.72 Å². The molecule has 0 unspecified atom stereocenters. The molecule has 0 aliphatic heterocycles. The Morgan fingerprint density at radius 2 is 2.27 bits per heavy atom. The Hall–Kier alpha value is -1.62. The van der Waals surface area contributed by atoms with E-state index in [0.29, 0.717) is 5.88 Å². The number of hydrogen-bond acceptors (Lipinski definition) is 5. The lowest BCUT2D eigenvalue weighted by Gasteiger charge is -2.10. The summed E-state index contributed by atoms with van der Waals surface area (Å²) in [5.74, 6) is 0.183. The van der Waals surface area contributed by atoms with Crippen molar-refractivity contribution in [1.29, 1.82) is 0 Å². The number of pyridine rings is 1. The maximum absolute atomic E-state index is 11.0. The number of aromatic nitrogens is 1. The van der Waals surface area contributed by atoms with Crippen LogP contribution < -0.4 is 10.5 Å².